The number of unbranched alkanes of at least 4 members (excludes halogenated alkanes) is 1. The minimum atomic E-state index is 0.805. The molecule has 0 saturated carbocycles. The van der Waals surface area contributed by atoms with Gasteiger partial charge in [0, 0.05) is 18.5 Å². The summed E-state index contributed by atoms with van der Waals surface area (Å²) in [6.45, 7) is 7.46. The fraction of sp³-hybridized carbons (Fsp3) is 0.471. The van der Waals surface area contributed by atoms with E-state index in [1.807, 2.05) is 0 Å². The lowest BCUT2D eigenvalue weighted by Crippen LogP contribution is -2.06. The Hall–Kier alpha value is -1.77. The minimum absolute atomic E-state index is 0.805. The van der Waals surface area contributed by atoms with E-state index < -0.39 is 0 Å². The quantitative estimate of drug-likeness (QED) is 0.861. The zero-order chi connectivity index (χ0) is 14.5. The standard InChI is InChI=1S/C17H25N3/c1-4-7-12-20-15(6-3)19-16(17(20)18)14-10-8-13(5-2)9-11-14/h8-11H,4-7,12,18H2,1-3H3. The number of anilines is 1. The molecule has 2 aromatic rings. The largest absolute Gasteiger partial charge is 0.383 e. The van der Waals surface area contributed by atoms with Crippen molar-refractivity contribution >= 4 is 5.82 Å². The second-order valence-electron chi connectivity index (χ2n) is 5.17. The third-order valence-electron chi connectivity index (χ3n) is 3.77. The summed E-state index contributed by atoms with van der Waals surface area (Å²) in [6, 6.07) is 8.57. The molecule has 1 aromatic carbocycles. The molecule has 1 heterocycles. The number of benzene rings is 1. The second kappa shape index (κ2) is 6.60. The maximum Gasteiger partial charge on any atom is 0.131 e. The zero-order valence-corrected chi connectivity index (χ0v) is 12.8. The molecule has 3 heteroatoms. The number of rotatable bonds is 6. The van der Waals surface area contributed by atoms with Gasteiger partial charge < -0.3 is 10.3 Å². The van der Waals surface area contributed by atoms with Crippen LogP contribution in [-0.2, 0) is 19.4 Å². The molecule has 0 saturated heterocycles. The molecule has 0 bridgehead atoms. The predicted molar refractivity (Wildman–Crippen MR) is 85.7 cm³/mol. The average Bonchev–Trinajstić information content (AvgIpc) is 2.81. The van der Waals surface area contributed by atoms with Crippen LogP contribution < -0.4 is 5.73 Å². The van der Waals surface area contributed by atoms with Gasteiger partial charge in [-0.15, -0.1) is 0 Å². The van der Waals surface area contributed by atoms with Crippen LogP contribution in [0, 0.1) is 0 Å². The summed E-state index contributed by atoms with van der Waals surface area (Å²) in [7, 11) is 0. The summed E-state index contributed by atoms with van der Waals surface area (Å²) in [6.07, 6.45) is 4.28. The van der Waals surface area contributed by atoms with E-state index in [9.17, 15) is 0 Å². The van der Waals surface area contributed by atoms with Gasteiger partial charge in [-0.05, 0) is 18.4 Å². The Bertz CT molecular complexity index is 552. The van der Waals surface area contributed by atoms with Crippen LogP contribution in [0.15, 0.2) is 24.3 Å². The number of aromatic nitrogens is 2. The van der Waals surface area contributed by atoms with Crippen molar-refractivity contribution in [2.45, 2.75) is 53.0 Å². The van der Waals surface area contributed by atoms with E-state index in [1.54, 1.807) is 0 Å². The average molecular weight is 271 g/mol. The van der Waals surface area contributed by atoms with Crippen molar-refractivity contribution in [3.05, 3.63) is 35.7 Å². The topological polar surface area (TPSA) is 43.8 Å². The molecule has 0 unspecified atom stereocenters. The van der Waals surface area contributed by atoms with Crippen molar-refractivity contribution < 1.29 is 0 Å². The first-order chi connectivity index (χ1) is 9.71. The molecule has 0 aliphatic heterocycles. The first kappa shape index (κ1) is 14.6. The first-order valence-electron chi connectivity index (χ1n) is 7.65. The van der Waals surface area contributed by atoms with Crippen molar-refractivity contribution in [3.8, 4) is 11.3 Å². The fourth-order valence-electron chi connectivity index (χ4n) is 2.46. The fourth-order valence-corrected chi connectivity index (χ4v) is 2.46. The van der Waals surface area contributed by atoms with Gasteiger partial charge in [0.05, 0.1) is 0 Å². The highest BCUT2D eigenvalue weighted by molar-refractivity contribution is 5.71. The summed E-state index contributed by atoms with van der Waals surface area (Å²) in [5, 5.41) is 0. The Balaban J connectivity index is 2.37. The Labute approximate surface area is 121 Å². The number of nitrogen functional groups attached to an aromatic ring is 1. The predicted octanol–water partition coefficient (Wildman–Crippen LogP) is 4.06. The Morgan fingerprint density at radius 2 is 1.75 bits per heavy atom. The van der Waals surface area contributed by atoms with Crippen LogP contribution in [0.3, 0.4) is 0 Å². The van der Waals surface area contributed by atoms with E-state index in [0.29, 0.717) is 0 Å². The molecule has 0 amide bonds. The maximum atomic E-state index is 6.32. The Morgan fingerprint density at radius 3 is 2.30 bits per heavy atom. The lowest BCUT2D eigenvalue weighted by Gasteiger charge is -2.07. The van der Waals surface area contributed by atoms with Crippen LogP contribution in [0.4, 0.5) is 5.82 Å². The maximum absolute atomic E-state index is 6.32. The van der Waals surface area contributed by atoms with Gasteiger partial charge in [-0.3, -0.25) is 0 Å². The van der Waals surface area contributed by atoms with E-state index in [-0.39, 0.29) is 0 Å². The lowest BCUT2D eigenvalue weighted by molar-refractivity contribution is 0.612. The van der Waals surface area contributed by atoms with Crippen LogP contribution in [0.5, 0.6) is 0 Å². The van der Waals surface area contributed by atoms with Crippen molar-refractivity contribution in [1.29, 1.82) is 0 Å². The van der Waals surface area contributed by atoms with Crippen LogP contribution in [0.25, 0.3) is 11.3 Å². The van der Waals surface area contributed by atoms with Crippen LogP contribution in [0.2, 0.25) is 0 Å². The third-order valence-corrected chi connectivity index (χ3v) is 3.77. The monoisotopic (exact) mass is 271 g/mol. The molecular formula is C17H25N3. The number of nitrogens with zero attached hydrogens (tertiary/aromatic N) is 2. The smallest absolute Gasteiger partial charge is 0.131 e. The first-order valence-corrected chi connectivity index (χ1v) is 7.65. The molecule has 20 heavy (non-hydrogen) atoms. The van der Waals surface area contributed by atoms with Crippen molar-refractivity contribution in [2.24, 2.45) is 0 Å². The van der Waals surface area contributed by atoms with Gasteiger partial charge >= 0.3 is 0 Å². The highest BCUT2D eigenvalue weighted by Crippen LogP contribution is 2.27. The highest BCUT2D eigenvalue weighted by Gasteiger charge is 2.14. The van der Waals surface area contributed by atoms with Crippen LogP contribution in [0.1, 0.15) is 45.0 Å². The molecule has 108 valence electrons. The molecule has 0 aliphatic rings. The van der Waals surface area contributed by atoms with E-state index >= 15 is 0 Å². The summed E-state index contributed by atoms with van der Waals surface area (Å²) in [5.74, 6) is 1.89. The number of imidazole rings is 1. The van der Waals surface area contributed by atoms with Gasteiger partial charge in [0.25, 0.3) is 0 Å². The Morgan fingerprint density at radius 1 is 1.05 bits per heavy atom. The molecule has 0 fully saturated rings. The molecule has 0 spiro atoms. The second-order valence-corrected chi connectivity index (χ2v) is 5.17. The molecule has 2 rings (SSSR count). The zero-order valence-electron chi connectivity index (χ0n) is 12.8. The molecule has 0 atom stereocenters. The third kappa shape index (κ3) is 2.87. The van der Waals surface area contributed by atoms with E-state index in [4.69, 9.17) is 10.7 Å². The van der Waals surface area contributed by atoms with E-state index in [1.165, 1.54) is 12.0 Å². The SMILES string of the molecule is CCCCn1c(CC)nc(-c2ccc(CC)cc2)c1N. The van der Waals surface area contributed by atoms with Gasteiger partial charge in [0.1, 0.15) is 17.3 Å². The summed E-state index contributed by atoms with van der Waals surface area (Å²) >= 11 is 0. The number of nitrogens with two attached hydrogens (primary N) is 1. The summed E-state index contributed by atoms with van der Waals surface area (Å²) in [5.41, 5.74) is 9.71. The van der Waals surface area contributed by atoms with Crippen molar-refractivity contribution in [3.63, 3.8) is 0 Å². The van der Waals surface area contributed by atoms with Crippen LogP contribution in [-0.4, -0.2) is 9.55 Å². The number of aryl methyl sites for hydroxylation is 2. The van der Waals surface area contributed by atoms with Gasteiger partial charge in [0.2, 0.25) is 0 Å². The molecular weight excluding hydrogens is 246 g/mol. The minimum Gasteiger partial charge on any atom is -0.383 e. The number of hydrogen-bond donors (Lipinski definition) is 1. The molecule has 0 aliphatic carbocycles. The van der Waals surface area contributed by atoms with Crippen molar-refractivity contribution in [1.82, 2.24) is 9.55 Å². The van der Waals surface area contributed by atoms with Gasteiger partial charge in [0.15, 0.2) is 0 Å². The molecule has 2 N–H and O–H groups in total. The van der Waals surface area contributed by atoms with Gasteiger partial charge in [-0.1, -0.05) is 51.5 Å². The van der Waals surface area contributed by atoms with Gasteiger partial charge in [-0.25, -0.2) is 4.98 Å². The highest BCUT2D eigenvalue weighted by atomic mass is 15.1. The van der Waals surface area contributed by atoms with Crippen molar-refractivity contribution in [2.75, 3.05) is 5.73 Å². The van der Waals surface area contributed by atoms with Crippen LogP contribution >= 0.6 is 0 Å². The summed E-state index contributed by atoms with van der Waals surface area (Å²) in [4.78, 5) is 4.74. The molecule has 3 nitrogen and oxygen atoms in total. The molecule has 1 aromatic heterocycles. The van der Waals surface area contributed by atoms with E-state index in [2.05, 4.69) is 49.6 Å². The lowest BCUT2D eigenvalue weighted by atomic mass is 10.1. The molecule has 0 radical (unpaired) electrons. The summed E-state index contributed by atoms with van der Waals surface area (Å²) < 4.78 is 2.17. The van der Waals surface area contributed by atoms with E-state index in [0.717, 1.165) is 48.7 Å². The normalized spacial score (nSPS) is 10.9. The Kier molecular flexibility index (Phi) is 4.83. The number of hydrogen-bond acceptors (Lipinski definition) is 2. The van der Waals surface area contributed by atoms with Gasteiger partial charge in [-0.2, -0.15) is 0 Å².